The zero-order valence-corrected chi connectivity index (χ0v) is 10.3. The summed E-state index contributed by atoms with van der Waals surface area (Å²) in [7, 11) is 0. The number of aromatic carboxylic acids is 1. The molecule has 1 aromatic heterocycles. The Labute approximate surface area is 106 Å². The van der Waals surface area contributed by atoms with Crippen molar-refractivity contribution in [3.05, 3.63) is 55.9 Å². The van der Waals surface area contributed by atoms with Gasteiger partial charge in [0, 0.05) is 16.6 Å². The van der Waals surface area contributed by atoms with E-state index in [1.807, 2.05) is 0 Å². The van der Waals surface area contributed by atoms with Crippen LogP contribution < -0.4 is 4.87 Å². The van der Waals surface area contributed by atoms with E-state index >= 15 is 0 Å². The molecule has 0 radical (unpaired) electrons. The maximum atomic E-state index is 13.6. The first-order valence-corrected chi connectivity index (χ1v) is 6.03. The molecule has 18 heavy (non-hydrogen) atoms. The van der Waals surface area contributed by atoms with Gasteiger partial charge in [0.15, 0.2) is 0 Å². The Morgan fingerprint density at radius 2 is 2.22 bits per heavy atom. The summed E-state index contributed by atoms with van der Waals surface area (Å²) in [6, 6.07) is 3.55. The molecule has 1 heterocycles. The molecule has 0 atom stereocenters. The molecule has 94 valence electrons. The van der Waals surface area contributed by atoms with E-state index < -0.39 is 11.8 Å². The van der Waals surface area contributed by atoms with Crippen LogP contribution in [-0.4, -0.2) is 15.6 Å². The predicted octanol–water partition coefficient (Wildman–Crippen LogP) is 2.10. The van der Waals surface area contributed by atoms with Crippen LogP contribution in [0.2, 0.25) is 0 Å². The lowest BCUT2D eigenvalue weighted by atomic mass is 10.1. The second-order valence-electron chi connectivity index (χ2n) is 3.84. The zero-order valence-electron chi connectivity index (χ0n) is 9.51. The van der Waals surface area contributed by atoms with Crippen LogP contribution >= 0.6 is 11.3 Å². The summed E-state index contributed by atoms with van der Waals surface area (Å²) in [5, 5.41) is 10.5. The lowest BCUT2D eigenvalue weighted by Gasteiger charge is -2.07. The Bertz CT molecular complexity index is 660. The second kappa shape index (κ2) is 4.73. The highest BCUT2D eigenvalue weighted by molar-refractivity contribution is 7.07. The van der Waals surface area contributed by atoms with Crippen molar-refractivity contribution < 1.29 is 14.3 Å². The molecule has 1 N–H and O–H groups in total. The Kier molecular flexibility index (Phi) is 3.29. The number of rotatable bonds is 3. The third-order valence-electron chi connectivity index (χ3n) is 2.60. The molecule has 0 saturated carbocycles. The van der Waals surface area contributed by atoms with Gasteiger partial charge >= 0.3 is 10.8 Å². The number of nitrogens with zero attached hydrogens (tertiary/aromatic N) is 1. The van der Waals surface area contributed by atoms with E-state index in [0.717, 1.165) is 23.1 Å². The number of aryl methyl sites for hydroxylation is 1. The van der Waals surface area contributed by atoms with E-state index in [2.05, 4.69) is 0 Å². The Morgan fingerprint density at radius 1 is 1.50 bits per heavy atom. The minimum atomic E-state index is -1.12. The Morgan fingerprint density at radius 3 is 2.78 bits per heavy atom. The van der Waals surface area contributed by atoms with Crippen LogP contribution in [0.5, 0.6) is 0 Å². The third-order valence-corrected chi connectivity index (χ3v) is 3.48. The summed E-state index contributed by atoms with van der Waals surface area (Å²) in [5.74, 6) is -1.64. The van der Waals surface area contributed by atoms with Gasteiger partial charge in [-0.05, 0) is 25.1 Å². The highest BCUT2D eigenvalue weighted by Crippen LogP contribution is 2.13. The molecule has 0 bridgehead atoms. The molecule has 0 amide bonds. The predicted molar refractivity (Wildman–Crippen MR) is 65.8 cm³/mol. The van der Waals surface area contributed by atoms with E-state index in [1.165, 1.54) is 16.7 Å². The van der Waals surface area contributed by atoms with E-state index in [4.69, 9.17) is 5.11 Å². The summed E-state index contributed by atoms with van der Waals surface area (Å²) in [5.41, 5.74) is 0.927. The fourth-order valence-corrected chi connectivity index (χ4v) is 2.33. The number of benzene rings is 1. The summed E-state index contributed by atoms with van der Waals surface area (Å²) in [6.45, 7) is 1.79. The van der Waals surface area contributed by atoms with Gasteiger partial charge in [0.05, 0.1) is 12.1 Å². The number of hydrogen-bond acceptors (Lipinski definition) is 3. The van der Waals surface area contributed by atoms with Gasteiger partial charge in [0.2, 0.25) is 0 Å². The quantitative estimate of drug-likeness (QED) is 0.926. The Hall–Kier alpha value is -1.95. The second-order valence-corrected chi connectivity index (χ2v) is 4.66. The van der Waals surface area contributed by atoms with Gasteiger partial charge in [-0.1, -0.05) is 11.3 Å². The molecule has 6 heteroatoms. The van der Waals surface area contributed by atoms with Gasteiger partial charge in [-0.3, -0.25) is 9.36 Å². The van der Waals surface area contributed by atoms with Crippen molar-refractivity contribution in [2.24, 2.45) is 0 Å². The van der Waals surface area contributed by atoms with Crippen LogP contribution in [0.25, 0.3) is 0 Å². The molecule has 0 unspecified atom stereocenters. The van der Waals surface area contributed by atoms with Crippen molar-refractivity contribution in [3.63, 3.8) is 0 Å². The van der Waals surface area contributed by atoms with Gasteiger partial charge in [-0.2, -0.15) is 0 Å². The van der Waals surface area contributed by atoms with Crippen molar-refractivity contribution in [3.8, 4) is 0 Å². The first-order chi connectivity index (χ1) is 8.49. The summed E-state index contributed by atoms with van der Waals surface area (Å²) >= 11 is 1.04. The SMILES string of the molecule is Cc1csc(=O)n1Cc1cc(C(=O)O)ccc1F. The summed E-state index contributed by atoms with van der Waals surface area (Å²) < 4.78 is 15.0. The average Bonchev–Trinajstić information content (AvgIpc) is 2.63. The van der Waals surface area contributed by atoms with Crippen molar-refractivity contribution in [1.29, 1.82) is 0 Å². The van der Waals surface area contributed by atoms with Crippen LogP contribution in [0.4, 0.5) is 4.39 Å². The number of halogens is 1. The van der Waals surface area contributed by atoms with E-state index in [0.29, 0.717) is 0 Å². The monoisotopic (exact) mass is 267 g/mol. The molecule has 0 aliphatic heterocycles. The summed E-state index contributed by atoms with van der Waals surface area (Å²) in [4.78, 5) is 22.1. The first-order valence-electron chi connectivity index (χ1n) is 5.15. The zero-order chi connectivity index (χ0) is 13.3. The van der Waals surface area contributed by atoms with Gasteiger partial charge in [-0.25, -0.2) is 9.18 Å². The molecule has 0 spiro atoms. The normalized spacial score (nSPS) is 10.6. The molecule has 0 fully saturated rings. The largest absolute Gasteiger partial charge is 0.478 e. The number of hydrogen-bond donors (Lipinski definition) is 1. The molecule has 2 rings (SSSR count). The molecular weight excluding hydrogens is 257 g/mol. The van der Waals surface area contributed by atoms with Gasteiger partial charge in [0.25, 0.3) is 0 Å². The number of carbonyl (C=O) groups is 1. The molecule has 0 aliphatic carbocycles. The lowest BCUT2D eigenvalue weighted by molar-refractivity contribution is 0.0696. The minimum Gasteiger partial charge on any atom is -0.478 e. The number of carboxylic acids is 1. The fraction of sp³-hybridized carbons (Fsp3) is 0.167. The van der Waals surface area contributed by atoms with E-state index in [1.54, 1.807) is 12.3 Å². The van der Waals surface area contributed by atoms with Crippen LogP contribution in [0.1, 0.15) is 21.6 Å². The minimum absolute atomic E-state index is 0.00679. The molecular formula is C12H10FNO3S. The Balaban J connectivity index is 2.43. The average molecular weight is 267 g/mol. The maximum Gasteiger partial charge on any atom is 0.335 e. The first kappa shape index (κ1) is 12.5. The third kappa shape index (κ3) is 2.33. The van der Waals surface area contributed by atoms with Crippen molar-refractivity contribution in [2.75, 3.05) is 0 Å². The topological polar surface area (TPSA) is 59.3 Å². The van der Waals surface area contributed by atoms with Crippen molar-refractivity contribution in [1.82, 2.24) is 4.57 Å². The maximum absolute atomic E-state index is 13.6. The smallest absolute Gasteiger partial charge is 0.335 e. The van der Waals surface area contributed by atoms with Gasteiger partial charge in [0.1, 0.15) is 5.82 Å². The highest BCUT2D eigenvalue weighted by Gasteiger charge is 2.11. The molecule has 2 aromatic rings. The van der Waals surface area contributed by atoms with Gasteiger partial charge < -0.3 is 5.11 Å². The summed E-state index contributed by atoms with van der Waals surface area (Å²) in [6.07, 6.45) is 0. The standard InChI is InChI=1S/C12H10FNO3S/c1-7-6-18-12(17)14(7)5-9-4-8(11(15)16)2-3-10(9)13/h2-4,6H,5H2,1H3,(H,15,16). The van der Waals surface area contributed by atoms with Crippen molar-refractivity contribution >= 4 is 17.3 Å². The molecule has 4 nitrogen and oxygen atoms in total. The van der Waals surface area contributed by atoms with Gasteiger partial charge in [-0.15, -0.1) is 0 Å². The highest BCUT2D eigenvalue weighted by atomic mass is 32.1. The van der Waals surface area contributed by atoms with Crippen LogP contribution in [0, 0.1) is 12.7 Å². The van der Waals surface area contributed by atoms with Crippen LogP contribution in [0.3, 0.4) is 0 Å². The molecule has 0 aliphatic rings. The van der Waals surface area contributed by atoms with Crippen LogP contribution in [0.15, 0.2) is 28.4 Å². The van der Waals surface area contributed by atoms with E-state index in [9.17, 15) is 14.0 Å². The van der Waals surface area contributed by atoms with Crippen LogP contribution in [-0.2, 0) is 6.54 Å². The number of thiazole rings is 1. The number of carboxylic acid groups (broad SMARTS) is 1. The van der Waals surface area contributed by atoms with E-state index in [-0.39, 0.29) is 22.5 Å². The molecule has 0 saturated heterocycles. The van der Waals surface area contributed by atoms with Crippen molar-refractivity contribution in [2.45, 2.75) is 13.5 Å². The lowest BCUT2D eigenvalue weighted by Crippen LogP contribution is -2.16. The molecule has 1 aromatic carbocycles. The number of aromatic nitrogens is 1. The fourth-order valence-electron chi connectivity index (χ4n) is 1.60.